The third kappa shape index (κ3) is 4.51. The molecule has 0 fully saturated rings. The van der Waals surface area contributed by atoms with Crippen molar-refractivity contribution < 1.29 is 21.6 Å². The molecule has 2 aromatic rings. The molecule has 0 unspecified atom stereocenters. The lowest BCUT2D eigenvalue weighted by molar-refractivity contribution is 0.100. The Bertz CT molecular complexity index is 1170. The van der Waals surface area contributed by atoms with E-state index in [1.165, 1.54) is 24.3 Å². The third-order valence-electron chi connectivity index (χ3n) is 3.82. The van der Waals surface area contributed by atoms with E-state index in [1.54, 1.807) is 6.92 Å². The van der Waals surface area contributed by atoms with E-state index >= 15 is 0 Å². The van der Waals surface area contributed by atoms with E-state index in [2.05, 4.69) is 4.99 Å². The van der Waals surface area contributed by atoms with Crippen molar-refractivity contribution in [3.05, 3.63) is 52.5 Å². The summed E-state index contributed by atoms with van der Waals surface area (Å²) in [5.41, 5.74) is 10.6. The standard InChI is InChI=1S/C17H18ClN3O5S2/c1-3-10-8-15(28(25,26)12-6-4-11(18)5-7-12)14(27(2,23)24)9-13(10)16(22)21-17(19)20/h4-9H,3H2,1-2H3,(H4,19,20,21,22). The summed E-state index contributed by atoms with van der Waals surface area (Å²) in [4.78, 5) is 14.6. The Labute approximate surface area is 168 Å². The molecule has 0 spiro atoms. The number of nitrogens with zero attached hydrogens (tertiary/aromatic N) is 1. The molecule has 0 aliphatic heterocycles. The fourth-order valence-corrected chi connectivity index (χ4v) is 5.55. The number of hydrogen-bond donors (Lipinski definition) is 2. The highest BCUT2D eigenvalue weighted by molar-refractivity contribution is 7.94. The number of hydrogen-bond acceptors (Lipinski definition) is 5. The fourth-order valence-electron chi connectivity index (χ4n) is 2.51. The second-order valence-electron chi connectivity index (χ2n) is 5.88. The van der Waals surface area contributed by atoms with Gasteiger partial charge in [0, 0.05) is 16.8 Å². The zero-order chi connectivity index (χ0) is 21.3. The predicted octanol–water partition coefficient (Wildman–Crippen LogP) is 1.55. The Kier molecular flexibility index (Phi) is 6.17. The van der Waals surface area contributed by atoms with Gasteiger partial charge >= 0.3 is 0 Å². The summed E-state index contributed by atoms with van der Waals surface area (Å²) in [6.07, 6.45) is 1.10. The van der Waals surface area contributed by atoms with Crippen molar-refractivity contribution in [3.8, 4) is 0 Å². The minimum absolute atomic E-state index is 0.0913. The van der Waals surface area contributed by atoms with Gasteiger partial charge in [-0.2, -0.15) is 4.99 Å². The van der Waals surface area contributed by atoms with Crippen molar-refractivity contribution in [3.63, 3.8) is 0 Å². The van der Waals surface area contributed by atoms with Gasteiger partial charge in [-0.25, -0.2) is 16.8 Å². The van der Waals surface area contributed by atoms with Crippen LogP contribution in [0.4, 0.5) is 0 Å². The summed E-state index contributed by atoms with van der Waals surface area (Å²) in [5.74, 6) is -1.36. The van der Waals surface area contributed by atoms with Gasteiger partial charge in [0.05, 0.1) is 14.7 Å². The van der Waals surface area contributed by atoms with Gasteiger partial charge in [-0.3, -0.25) is 4.79 Å². The first-order valence-corrected chi connectivity index (χ1v) is 11.6. The Balaban J connectivity index is 2.86. The number of sulfone groups is 2. The van der Waals surface area contributed by atoms with Gasteiger partial charge in [0.1, 0.15) is 0 Å². The first kappa shape index (κ1) is 21.9. The second kappa shape index (κ2) is 7.90. The number of aliphatic imine (C=N–C) groups is 1. The molecule has 11 heteroatoms. The molecule has 2 aromatic carbocycles. The average molecular weight is 444 g/mol. The van der Waals surface area contributed by atoms with Crippen LogP contribution in [-0.2, 0) is 26.1 Å². The molecule has 4 N–H and O–H groups in total. The Morgan fingerprint density at radius 3 is 2.07 bits per heavy atom. The van der Waals surface area contributed by atoms with Crippen LogP contribution in [0, 0.1) is 0 Å². The molecule has 0 radical (unpaired) electrons. The molecule has 0 atom stereocenters. The number of guanidine groups is 1. The maximum absolute atomic E-state index is 13.1. The van der Waals surface area contributed by atoms with Gasteiger partial charge in [-0.1, -0.05) is 18.5 Å². The summed E-state index contributed by atoms with van der Waals surface area (Å²) >= 11 is 5.80. The number of aryl methyl sites for hydroxylation is 1. The largest absolute Gasteiger partial charge is 0.370 e. The van der Waals surface area contributed by atoms with Crippen LogP contribution in [0.15, 0.2) is 56.1 Å². The zero-order valence-electron chi connectivity index (χ0n) is 15.0. The summed E-state index contributed by atoms with van der Waals surface area (Å²) in [5, 5.41) is 0.328. The van der Waals surface area contributed by atoms with E-state index < -0.39 is 41.3 Å². The number of nitrogens with two attached hydrogens (primary N) is 2. The first-order valence-electron chi connectivity index (χ1n) is 7.89. The summed E-state index contributed by atoms with van der Waals surface area (Å²) in [6, 6.07) is 7.46. The quantitative estimate of drug-likeness (QED) is 0.525. The van der Waals surface area contributed by atoms with Crippen LogP contribution >= 0.6 is 11.6 Å². The van der Waals surface area contributed by atoms with Gasteiger partial charge in [0.2, 0.25) is 9.84 Å². The molecular weight excluding hydrogens is 426 g/mol. The molecule has 150 valence electrons. The number of benzene rings is 2. The smallest absolute Gasteiger partial charge is 0.280 e. The maximum atomic E-state index is 13.1. The van der Waals surface area contributed by atoms with Gasteiger partial charge in [0.15, 0.2) is 15.8 Å². The van der Waals surface area contributed by atoms with Crippen LogP contribution in [0.1, 0.15) is 22.8 Å². The minimum atomic E-state index is -4.20. The van der Waals surface area contributed by atoms with Crippen LogP contribution in [-0.4, -0.2) is 35.0 Å². The van der Waals surface area contributed by atoms with Crippen LogP contribution < -0.4 is 11.5 Å². The monoisotopic (exact) mass is 443 g/mol. The lowest BCUT2D eigenvalue weighted by Gasteiger charge is -2.14. The highest BCUT2D eigenvalue weighted by atomic mass is 35.5. The summed E-state index contributed by atoms with van der Waals surface area (Å²) < 4.78 is 50.8. The number of carbonyl (C=O) groups is 1. The number of carbonyl (C=O) groups excluding carboxylic acids is 1. The van der Waals surface area contributed by atoms with Crippen molar-refractivity contribution in [1.29, 1.82) is 0 Å². The molecule has 8 nitrogen and oxygen atoms in total. The van der Waals surface area contributed by atoms with Gasteiger partial charge in [0.25, 0.3) is 5.91 Å². The predicted molar refractivity (Wildman–Crippen MR) is 106 cm³/mol. The Morgan fingerprint density at radius 2 is 1.61 bits per heavy atom. The van der Waals surface area contributed by atoms with E-state index in [4.69, 9.17) is 23.1 Å². The average Bonchev–Trinajstić information content (AvgIpc) is 2.59. The van der Waals surface area contributed by atoms with E-state index in [1.807, 2.05) is 0 Å². The maximum Gasteiger partial charge on any atom is 0.280 e. The second-order valence-corrected chi connectivity index (χ2v) is 10.2. The van der Waals surface area contributed by atoms with Crippen LogP contribution in [0.3, 0.4) is 0 Å². The van der Waals surface area contributed by atoms with E-state index in [-0.39, 0.29) is 22.4 Å². The molecule has 0 heterocycles. The van der Waals surface area contributed by atoms with Crippen molar-refractivity contribution in [2.24, 2.45) is 16.5 Å². The lowest BCUT2D eigenvalue weighted by Crippen LogP contribution is -2.24. The van der Waals surface area contributed by atoms with Gasteiger partial charge in [-0.15, -0.1) is 0 Å². The number of amides is 1. The van der Waals surface area contributed by atoms with Crippen LogP contribution in [0.2, 0.25) is 5.02 Å². The molecule has 0 aliphatic rings. The van der Waals surface area contributed by atoms with Crippen molar-refractivity contribution in [2.75, 3.05) is 6.26 Å². The summed E-state index contributed by atoms with van der Waals surface area (Å²) in [6.45, 7) is 1.68. The van der Waals surface area contributed by atoms with Gasteiger partial charge in [-0.05, 0) is 48.4 Å². The molecular formula is C17H18ClN3O5S2. The number of halogens is 1. The topological polar surface area (TPSA) is 150 Å². The highest BCUT2D eigenvalue weighted by Gasteiger charge is 2.29. The normalized spacial score (nSPS) is 11.8. The SMILES string of the molecule is CCc1cc(S(=O)(=O)c2ccc(Cl)cc2)c(S(C)(=O)=O)cc1C(=O)N=C(N)N. The molecule has 28 heavy (non-hydrogen) atoms. The molecule has 1 amide bonds. The molecule has 0 saturated heterocycles. The van der Waals surface area contributed by atoms with E-state index in [0.717, 1.165) is 18.4 Å². The Hall–Kier alpha value is -2.43. The minimum Gasteiger partial charge on any atom is -0.370 e. The van der Waals surface area contributed by atoms with Gasteiger partial charge < -0.3 is 11.5 Å². The fraction of sp³-hybridized carbons (Fsp3) is 0.176. The van der Waals surface area contributed by atoms with Crippen LogP contribution in [0.5, 0.6) is 0 Å². The lowest BCUT2D eigenvalue weighted by atomic mass is 10.0. The van der Waals surface area contributed by atoms with Crippen molar-refractivity contribution >= 4 is 43.1 Å². The zero-order valence-corrected chi connectivity index (χ0v) is 17.4. The van der Waals surface area contributed by atoms with Crippen molar-refractivity contribution in [1.82, 2.24) is 0 Å². The Morgan fingerprint density at radius 1 is 1.04 bits per heavy atom. The van der Waals surface area contributed by atoms with Crippen LogP contribution in [0.25, 0.3) is 0 Å². The van der Waals surface area contributed by atoms with E-state index in [0.29, 0.717) is 5.02 Å². The molecule has 2 rings (SSSR count). The first-order chi connectivity index (χ1) is 12.9. The molecule has 0 bridgehead atoms. The molecule has 0 aliphatic carbocycles. The molecule has 0 aromatic heterocycles. The van der Waals surface area contributed by atoms with Crippen molar-refractivity contribution in [2.45, 2.75) is 28.0 Å². The number of rotatable bonds is 5. The summed E-state index contributed by atoms with van der Waals surface area (Å²) in [7, 11) is -8.21. The highest BCUT2D eigenvalue weighted by Crippen LogP contribution is 2.31. The molecule has 0 saturated carbocycles. The third-order valence-corrected chi connectivity index (χ3v) is 7.15. The van der Waals surface area contributed by atoms with E-state index in [9.17, 15) is 21.6 Å².